The Hall–Kier alpha value is -6.64. The van der Waals surface area contributed by atoms with Gasteiger partial charge in [-0.2, -0.15) is 0 Å². The van der Waals surface area contributed by atoms with Gasteiger partial charge in [-0.15, -0.1) is 0 Å². The van der Waals surface area contributed by atoms with Gasteiger partial charge in [0.25, 0.3) is 0 Å². The van der Waals surface area contributed by atoms with Gasteiger partial charge >= 0.3 is 0 Å². The van der Waals surface area contributed by atoms with E-state index < -0.39 is 0 Å². The van der Waals surface area contributed by atoms with E-state index >= 15 is 0 Å². The highest BCUT2D eigenvalue weighted by molar-refractivity contribution is 6.01. The van der Waals surface area contributed by atoms with Crippen LogP contribution in [-0.4, -0.2) is 9.97 Å². The molecule has 2 heteroatoms. The van der Waals surface area contributed by atoms with Crippen LogP contribution in [0, 0.1) is 0 Å². The molecule has 6 aromatic carbocycles. The average Bonchev–Trinajstić information content (AvgIpc) is 3.74. The van der Waals surface area contributed by atoms with Crippen LogP contribution in [-0.2, 0) is 5.41 Å². The number of hydrogen-bond donors (Lipinski definition) is 0. The van der Waals surface area contributed by atoms with Gasteiger partial charge in [-0.3, -0.25) is 0 Å². The zero-order chi connectivity index (χ0) is 36.3. The molecule has 0 aliphatic heterocycles. The van der Waals surface area contributed by atoms with Crippen LogP contribution in [0.4, 0.5) is 0 Å². The van der Waals surface area contributed by atoms with Crippen LogP contribution in [0.5, 0.6) is 0 Å². The van der Waals surface area contributed by atoms with Gasteiger partial charge < -0.3 is 0 Å². The van der Waals surface area contributed by atoms with Crippen LogP contribution < -0.4 is 0 Å². The summed E-state index contributed by atoms with van der Waals surface area (Å²) in [6.07, 6.45) is 16.0. The van der Waals surface area contributed by atoms with Crippen molar-refractivity contribution in [2.24, 2.45) is 0 Å². The van der Waals surface area contributed by atoms with E-state index in [9.17, 15) is 0 Å². The van der Waals surface area contributed by atoms with Crippen molar-refractivity contribution in [3.63, 3.8) is 0 Å². The number of benzene rings is 6. The first-order valence-corrected chi connectivity index (χ1v) is 19.5. The summed E-state index contributed by atoms with van der Waals surface area (Å²) in [5, 5.41) is 0. The van der Waals surface area contributed by atoms with Crippen LogP contribution in [0.25, 0.3) is 67.2 Å². The molecule has 7 aromatic rings. The molecule has 1 atom stereocenters. The topological polar surface area (TPSA) is 25.8 Å². The summed E-state index contributed by atoms with van der Waals surface area (Å²) < 4.78 is 0. The molecule has 2 nitrogen and oxygen atoms in total. The molecule has 4 aliphatic rings. The molecule has 0 N–H and O–H groups in total. The second-order valence-corrected chi connectivity index (χ2v) is 15.0. The first-order chi connectivity index (χ1) is 27.3. The van der Waals surface area contributed by atoms with Gasteiger partial charge in [0.2, 0.25) is 0 Å². The molecule has 0 amide bonds. The Balaban J connectivity index is 0.998. The molecule has 1 spiro atoms. The standard InChI is InChI=1S/C53H38N2/c1-3-15-35(16-4-1)50-34-51(36-17-5-2-6-18-36)55-52(54-50)41-22-14-21-39(32-41)37-19-13-20-38(31-37)40-29-30-49-45(33-40)44-25-9-12-28-48(44)53(49)46-26-10-7-23-42(46)43-24-8-11-27-47(43)53/h1,3-5,7,9-10,12-34H,2,6,8,11H2. The highest BCUT2D eigenvalue weighted by Crippen LogP contribution is 2.64. The van der Waals surface area contributed by atoms with Gasteiger partial charge in [-0.1, -0.05) is 158 Å². The second kappa shape index (κ2) is 12.7. The van der Waals surface area contributed by atoms with E-state index in [4.69, 9.17) is 9.97 Å². The predicted octanol–water partition coefficient (Wildman–Crippen LogP) is 13.3. The normalized spacial score (nSPS) is 17.5. The molecule has 0 bridgehead atoms. The van der Waals surface area contributed by atoms with E-state index in [1.165, 1.54) is 61.2 Å². The Kier molecular flexibility index (Phi) is 7.38. The minimum atomic E-state index is -0.279. The molecule has 1 unspecified atom stereocenters. The quantitative estimate of drug-likeness (QED) is 0.178. The SMILES string of the molecule is C1=CC(c2cc(-c3ccccc3)nc(-c3cccc(-c4cccc(-c5ccc6c(c5)-c5ccccc5C65C6=CCCC=C6c6ccccc65)c4)c3)n2)=CCC1. The monoisotopic (exact) mass is 702 g/mol. The molecule has 1 aromatic heterocycles. The first-order valence-electron chi connectivity index (χ1n) is 19.5. The zero-order valence-corrected chi connectivity index (χ0v) is 30.5. The molecule has 0 saturated carbocycles. The fourth-order valence-corrected chi connectivity index (χ4v) is 9.52. The van der Waals surface area contributed by atoms with Gasteiger partial charge in [0.05, 0.1) is 16.8 Å². The van der Waals surface area contributed by atoms with Gasteiger partial charge in [-0.05, 0) is 122 Å². The predicted molar refractivity (Wildman–Crippen MR) is 227 cm³/mol. The fraction of sp³-hybridized carbons (Fsp3) is 0.0943. The Labute approximate surface area is 322 Å². The van der Waals surface area contributed by atoms with E-state index in [0.29, 0.717) is 0 Å². The van der Waals surface area contributed by atoms with E-state index in [-0.39, 0.29) is 5.41 Å². The number of rotatable bonds is 5. The third kappa shape index (κ3) is 5.02. The number of hydrogen-bond acceptors (Lipinski definition) is 2. The summed E-state index contributed by atoms with van der Waals surface area (Å²) in [5.41, 5.74) is 20.7. The number of allylic oxidation sites excluding steroid dienone is 8. The van der Waals surface area contributed by atoms with Crippen LogP contribution in [0.15, 0.2) is 188 Å². The van der Waals surface area contributed by atoms with Crippen molar-refractivity contribution in [3.8, 4) is 56.0 Å². The molecule has 11 rings (SSSR count). The minimum absolute atomic E-state index is 0.279. The second-order valence-electron chi connectivity index (χ2n) is 15.0. The van der Waals surface area contributed by atoms with Crippen molar-refractivity contribution in [1.82, 2.24) is 9.97 Å². The van der Waals surface area contributed by atoms with Crippen molar-refractivity contribution in [2.75, 3.05) is 0 Å². The van der Waals surface area contributed by atoms with Crippen molar-refractivity contribution >= 4 is 11.1 Å². The Morgan fingerprint density at radius 3 is 1.78 bits per heavy atom. The maximum Gasteiger partial charge on any atom is 0.160 e. The summed E-state index contributed by atoms with van der Waals surface area (Å²) in [6.45, 7) is 0. The maximum absolute atomic E-state index is 5.14. The van der Waals surface area contributed by atoms with E-state index in [1.54, 1.807) is 0 Å². The largest absolute Gasteiger partial charge is 0.228 e. The average molecular weight is 703 g/mol. The van der Waals surface area contributed by atoms with E-state index in [2.05, 4.69) is 176 Å². The molecule has 4 aliphatic carbocycles. The fourth-order valence-electron chi connectivity index (χ4n) is 9.52. The Morgan fingerprint density at radius 1 is 0.400 bits per heavy atom. The van der Waals surface area contributed by atoms with Gasteiger partial charge in [0.1, 0.15) is 0 Å². The Bertz CT molecular complexity index is 2810. The third-order valence-electron chi connectivity index (χ3n) is 12.0. The highest BCUT2D eigenvalue weighted by Gasteiger charge is 2.53. The molecule has 0 fully saturated rings. The van der Waals surface area contributed by atoms with Crippen LogP contribution >= 0.6 is 0 Å². The number of aromatic nitrogens is 2. The minimum Gasteiger partial charge on any atom is -0.228 e. The lowest BCUT2D eigenvalue weighted by molar-refractivity contribution is 0.782. The number of nitrogens with zero attached hydrogens (tertiary/aromatic N) is 2. The van der Waals surface area contributed by atoms with Gasteiger partial charge in [0, 0.05) is 11.1 Å². The Morgan fingerprint density at radius 2 is 1.00 bits per heavy atom. The van der Waals surface area contributed by atoms with E-state index in [1.807, 2.05) is 6.07 Å². The summed E-state index contributed by atoms with van der Waals surface area (Å²) in [6, 6.07) is 55.6. The molecule has 0 saturated heterocycles. The summed E-state index contributed by atoms with van der Waals surface area (Å²) >= 11 is 0. The molecule has 55 heavy (non-hydrogen) atoms. The van der Waals surface area contributed by atoms with Crippen molar-refractivity contribution in [2.45, 2.75) is 31.1 Å². The smallest absolute Gasteiger partial charge is 0.160 e. The van der Waals surface area contributed by atoms with Crippen LogP contribution in [0.1, 0.15) is 53.6 Å². The number of fused-ring (bicyclic) bond motifs is 10. The van der Waals surface area contributed by atoms with Crippen molar-refractivity contribution < 1.29 is 0 Å². The third-order valence-corrected chi connectivity index (χ3v) is 12.0. The molecule has 1 heterocycles. The summed E-state index contributed by atoms with van der Waals surface area (Å²) in [7, 11) is 0. The van der Waals surface area contributed by atoms with Gasteiger partial charge in [0.15, 0.2) is 5.82 Å². The van der Waals surface area contributed by atoms with Crippen molar-refractivity contribution in [3.05, 3.63) is 216 Å². The molecular formula is C53H38N2. The zero-order valence-electron chi connectivity index (χ0n) is 30.5. The first kappa shape index (κ1) is 31.8. The maximum atomic E-state index is 5.14. The van der Waals surface area contributed by atoms with Crippen molar-refractivity contribution in [1.29, 1.82) is 0 Å². The lowest BCUT2D eigenvalue weighted by Crippen LogP contribution is -2.26. The molecule has 0 radical (unpaired) electrons. The molecular weight excluding hydrogens is 665 g/mol. The van der Waals surface area contributed by atoms with Crippen LogP contribution in [0.3, 0.4) is 0 Å². The van der Waals surface area contributed by atoms with Gasteiger partial charge in [-0.25, -0.2) is 9.97 Å². The van der Waals surface area contributed by atoms with Crippen LogP contribution in [0.2, 0.25) is 0 Å². The summed E-state index contributed by atoms with van der Waals surface area (Å²) in [5.74, 6) is 0.736. The van der Waals surface area contributed by atoms with E-state index in [0.717, 1.165) is 65.2 Å². The lowest BCUT2D eigenvalue weighted by atomic mass is 9.69. The molecule has 260 valence electrons. The highest BCUT2D eigenvalue weighted by atomic mass is 14.9. The summed E-state index contributed by atoms with van der Waals surface area (Å²) in [4.78, 5) is 10.3. The lowest BCUT2D eigenvalue weighted by Gasteiger charge is -2.31.